The third kappa shape index (κ3) is 2.60. The molecule has 0 aliphatic heterocycles. The van der Waals surface area contributed by atoms with Gasteiger partial charge in [0.25, 0.3) is 5.91 Å². The van der Waals surface area contributed by atoms with Gasteiger partial charge in [0.05, 0.1) is 11.3 Å². The summed E-state index contributed by atoms with van der Waals surface area (Å²) in [6.07, 6.45) is 1.62. The third-order valence-corrected chi connectivity index (χ3v) is 2.96. The molecule has 0 saturated carbocycles. The largest absolute Gasteiger partial charge is 0.399 e. The van der Waals surface area contributed by atoms with Gasteiger partial charge in [-0.1, -0.05) is 0 Å². The molecule has 1 heterocycles. The lowest BCUT2D eigenvalue weighted by atomic mass is 10.1. The number of hydrogen-bond acceptors (Lipinski definition) is 4. The molecule has 2 rings (SSSR count). The smallest absolute Gasteiger partial charge is 0.257 e. The van der Waals surface area contributed by atoms with Crippen LogP contribution >= 0.6 is 15.9 Å². The summed E-state index contributed by atoms with van der Waals surface area (Å²) in [7, 11) is 0. The lowest BCUT2D eigenvalue weighted by Crippen LogP contribution is -2.14. The maximum atomic E-state index is 12.0. The second-order valence-corrected chi connectivity index (χ2v) is 4.39. The van der Waals surface area contributed by atoms with Crippen LogP contribution < -0.4 is 16.8 Å². The zero-order chi connectivity index (χ0) is 13.1. The van der Waals surface area contributed by atoms with Crippen molar-refractivity contribution in [2.75, 3.05) is 16.8 Å². The Labute approximate surface area is 112 Å². The van der Waals surface area contributed by atoms with Gasteiger partial charge in [-0.15, -0.1) is 0 Å². The molecule has 1 aromatic carbocycles. The Bertz CT molecular complexity index is 600. The van der Waals surface area contributed by atoms with Gasteiger partial charge in [0.15, 0.2) is 0 Å². The normalized spacial score (nSPS) is 10.1. The minimum atomic E-state index is -0.304. The highest BCUT2D eigenvalue weighted by Crippen LogP contribution is 2.21. The molecule has 92 valence electrons. The zero-order valence-corrected chi connectivity index (χ0v) is 10.9. The topological polar surface area (TPSA) is 94.0 Å². The fourth-order valence-electron chi connectivity index (χ4n) is 1.46. The average molecular weight is 307 g/mol. The quantitative estimate of drug-likeness (QED) is 0.586. The van der Waals surface area contributed by atoms with Gasteiger partial charge in [0.2, 0.25) is 0 Å². The van der Waals surface area contributed by atoms with E-state index in [-0.39, 0.29) is 5.91 Å². The van der Waals surface area contributed by atoms with Crippen molar-refractivity contribution >= 4 is 38.9 Å². The van der Waals surface area contributed by atoms with Crippen LogP contribution in [-0.4, -0.2) is 10.9 Å². The Kier molecular flexibility index (Phi) is 3.47. The van der Waals surface area contributed by atoms with Gasteiger partial charge in [0.1, 0.15) is 4.60 Å². The molecule has 0 fully saturated rings. The van der Waals surface area contributed by atoms with Crippen molar-refractivity contribution in [3.05, 3.63) is 46.7 Å². The van der Waals surface area contributed by atoms with E-state index in [4.69, 9.17) is 11.5 Å². The van der Waals surface area contributed by atoms with Gasteiger partial charge >= 0.3 is 0 Å². The highest BCUT2D eigenvalue weighted by Gasteiger charge is 2.11. The molecule has 2 aromatic rings. The molecule has 0 aliphatic rings. The SMILES string of the molecule is Nc1ccc(C(=O)Nc2cccnc2Br)c(N)c1. The maximum Gasteiger partial charge on any atom is 0.257 e. The highest BCUT2D eigenvalue weighted by molar-refractivity contribution is 9.10. The molecule has 0 spiro atoms. The van der Waals surface area contributed by atoms with Crippen LogP contribution in [0.4, 0.5) is 17.1 Å². The van der Waals surface area contributed by atoms with Gasteiger partial charge in [0, 0.05) is 17.6 Å². The first kappa shape index (κ1) is 12.4. The Morgan fingerprint density at radius 3 is 2.72 bits per heavy atom. The number of hydrogen-bond donors (Lipinski definition) is 3. The number of benzene rings is 1. The molecule has 5 nitrogen and oxygen atoms in total. The summed E-state index contributed by atoms with van der Waals surface area (Å²) in [4.78, 5) is 16.0. The molecule has 18 heavy (non-hydrogen) atoms. The van der Waals surface area contributed by atoms with Crippen LogP contribution in [0.3, 0.4) is 0 Å². The number of nitrogens with two attached hydrogens (primary N) is 2. The number of halogens is 1. The first-order chi connectivity index (χ1) is 8.58. The van der Waals surface area contributed by atoms with E-state index >= 15 is 0 Å². The lowest BCUT2D eigenvalue weighted by Gasteiger charge is -2.08. The molecule has 6 heteroatoms. The monoisotopic (exact) mass is 306 g/mol. The number of anilines is 3. The molecule has 0 bridgehead atoms. The van der Waals surface area contributed by atoms with E-state index < -0.39 is 0 Å². The number of carbonyl (C=O) groups is 1. The van der Waals surface area contributed by atoms with Crippen LogP contribution in [0.5, 0.6) is 0 Å². The standard InChI is InChI=1S/C12H11BrN4O/c13-11-10(2-1-5-16-11)17-12(18)8-4-3-7(14)6-9(8)15/h1-6H,14-15H2,(H,17,18). The summed E-state index contributed by atoms with van der Waals surface area (Å²) in [6, 6.07) is 8.23. The van der Waals surface area contributed by atoms with E-state index in [0.29, 0.717) is 27.2 Å². The molecule has 1 amide bonds. The molecule has 1 aromatic heterocycles. The van der Waals surface area contributed by atoms with Crippen LogP contribution in [-0.2, 0) is 0 Å². The number of carbonyl (C=O) groups excluding carboxylic acids is 1. The van der Waals surface area contributed by atoms with Crippen molar-refractivity contribution < 1.29 is 4.79 Å². The van der Waals surface area contributed by atoms with E-state index in [1.54, 1.807) is 36.5 Å². The van der Waals surface area contributed by atoms with Crippen LogP contribution in [0, 0.1) is 0 Å². The van der Waals surface area contributed by atoms with Crippen molar-refractivity contribution in [3.8, 4) is 0 Å². The number of rotatable bonds is 2. The summed E-state index contributed by atoms with van der Waals surface area (Å²) in [5.74, 6) is -0.304. The van der Waals surface area contributed by atoms with Crippen molar-refractivity contribution in [1.82, 2.24) is 4.98 Å². The molecular weight excluding hydrogens is 296 g/mol. The van der Waals surface area contributed by atoms with Crippen molar-refractivity contribution in [1.29, 1.82) is 0 Å². The molecule has 0 unspecified atom stereocenters. The van der Waals surface area contributed by atoms with Crippen LogP contribution in [0.2, 0.25) is 0 Å². The predicted octanol–water partition coefficient (Wildman–Crippen LogP) is 2.26. The maximum absolute atomic E-state index is 12.0. The van der Waals surface area contributed by atoms with E-state index in [2.05, 4.69) is 26.2 Å². The summed E-state index contributed by atoms with van der Waals surface area (Å²) < 4.78 is 0.562. The Morgan fingerprint density at radius 2 is 2.06 bits per heavy atom. The summed E-state index contributed by atoms with van der Waals surface area (Å²) in [5.41, 5.74) is 13.1. The third-order valence-electron chi connectivity index (χ3n) is 2.33. The molecular formula is C12H11BrN4O. The summed E-state index contributed by atoms with van der Waals surface area (Å²) in [6.45, 7) is 0. The highest BCUT2D eigenvalue weighted by atomic mass is 79.9. The Hall–Kier alpha value is -2.08. The first-order valence-corrected chi connectivity index (χ1v) is 5.94. The number of pyridine rings is 1. The van der Waals surface area contributed by atoms with Gasteiger partial charge in [-0.05, 0) is 46.3 Å². The first-order valence-electron chi connectivity index (χ1n) is 5.15. The van der Waals surface area contributed by atoms with Gasteiger partial charge in [-0.3, -0.25) is 4.79 Å². The number of amides is 1. The second kappa shape index (κ2) is 5.05. The van der Waals surface area contributed by atoms with Crippen LogP contribution in [0.25, 0.3) is 0 Å². The van der Waals surface area contributed by atoms with Gasteiger partial charge < -0.3 is 16.8 Å². The van der Waals surface area contributed by atoms with E-state index in [0.717, 1.165) is 0 Å². The van der Waals surface area contributed by atoms with Gasteiger partial charge in [-0.2, -0.15) is 0 Å². The van der Waals surface area contributed by atoms with E-state index in [9.17, 15) is 4.79 Å². The molecule has 0 aliphatic carbocycles. The van der Waals surface area contributed by atoms with Crippen LogP contribution in [0.15, 0.2) is 41.1 Å². The zero-order valence-electron chi connectivity index (χ0n) is 9.35. The average Bonchev–Trinajstić information content (AvgIpc) is 2.32. The Balaban J connectivity index is 2.25. The van der Waals surface area contributed by atoms with Crippen LogP contribution in [0.1, 0.15) is 10.4 Å². The second-order valence-electron chi connectivity index (χ2n) is 3.64. The molecule has 0 saturated heterocycles. The summed E-state index contributed by atoms with van der Waals surface area (Å²) in [5, 5.41) is 2.72. The van der Waals surface area contributed by atoms with Crippen molar-refractivity contribution in [2.24, 2.45) is 0 Å². The van der Waals surface area contributed by atoms with Crippen molar-refractivity contribution in [3.63, 3.8) is 0 Å². The number of nitrogens with zero attached hydrogens (tertiary/aromatic N) is 1. The minimum Gasteiger partial charge on any atom is -0.399 e. The van der Waals surface area contributed by atoms with E-state index in [1.165, 1.54) is 0 Å². The van der Waals surface area contributed by atoms with E-state index in [1.807, 2.05) is 0 Å². The number of nitrogens with one attached hydrogen (secondary N) is 1. The van der Waals surface area contributed by atoms with Crippen molar-refractivity contribution in [2.45, 2.75) is 0 Å². The molecule has 0 radical (unpaired) electrons. The minimum absolute atomic E-state index is 0.304. The molecule has 5 N–H and O–H groups in total. The lowest BCUT2D eigenvalue weighted by molar-refractivity contribution is 0.102. The Morgan fingerprint density at radius 1 is 1.28 bits per heavy atom. The molecule has 0 atom stereocenters. The summed E-state index contributed by atoms with van der Waals surface area (Å²) >= 11 is 3.25. The number of aromatic nitrogens is 1. The predicted molar refractivity (Wildman–Crippen MR) is 75.2 cm³/mol. The number of nitrogen functional groups attached to an aromatic ring is 2. The fourth-order valence-corrected chi connectivity index (χ4v) is 1.81. The fraction of sp³-hybridized carbons (Fsp3) is 0. The van der Waals surface area contributed by atoms with Gasteiger partial charge in [-0.25, -0.2) is 4.98 Å².